The van der Waals surface area contributed by atoms with Crippen molar-refractivity contribution in [2.24, 2.45) is 0 Å². The molecule has 94 valence electrons. The summed E-state index contributed by atoms with van der Waals surface area (Å²) < 4.78 is 0. The predicted octanol–water partition coefficient (Wildman–Crippen LogP) is 2.72. The molecule has 0 aliphatic carbocycles. The maximum atomic E-state index is 11.0. The normalized spacial score (nSPS) is 12.2. The van der Waals surface area contributed by atoms with Gasteiger partial charge in [-0.25, -0.2) is 0 Å². The minimum Gasteiger partial charge on any atom is -0.388 e. The molecule has 1 unspecified atom stereocenters. The number of nitrogens with zero attached hydrogens (tertiary/aromatic N) is 2. The van der Waals surface area contributed by atoms with Crippen LogP contribution in [0.3, 0.4) is 0 Å². The Balaban J connectivity index is 3.18. The third-order valence-electron chi connectivity index (χ3n) is 2.34. The van der Waals surface area contributed by atoms with Crippen molar-refractivity contribution in [2.45, 2.75) is 20.0 Å². The van der Waals surface area contributed by atoms with E-state index in [1.54, 1.807) is 13.0 Å². The van der Waals surface area contributed by atoms with Gasteiger partial charge in [0, 0.05) is 24.0 Å². The van der Waals surface area contributed by atoms with Gasteiger partial charge in [0.25, 0.3) is 0 Å². The van der Waals surface area contributed by atoms with Crippen LogP contribution < -0.4 is 4.90 Å². The molecule has 0 fully saturated rings. The highest BCUT2D eigenvalue weighted by atomic mass is 32.1. The lowest BCUT2D eigenvalue weighted by Gasteiger charge is -2.18. The van der Waals surface area contributed by atoms with Crippen LogP contribution in [0.5, 0.6) is 0 Å². The van der Waals surface area contributed by atoms with Gasteiger partial charge in [-0.2, -0.15) is 0 Å². The Labute approximate surface area is 104 Å². The fourth-order valence-corrected chi connectivity index (χ4v) is 2.60. The van der Waals surface area contributed by atoms with Gasteiger partial charge in [-0.1, -0.05) is 6.08 Å². The number of hydrogen-bond acceptors (Lipinski definition) is 5. The van der Waals surface area contributed by atoms with Crippen molar-refractivity contribution < 1.29 is 10.0 Å². The van der Waals surface area contributed by atoms with Crippen molar-refractivity contribution in [3.63, 3.8) is 0 Å². The van der Waals surface area contributed by atoms with Gasteiger partial charge >= 0.3 is 5.69 Å². The molecule has 0 aliphatic heterocycles. The highest BCUT2D eigenvalue weighted by molar-refractivity contribution is 7.16. The van der Waals surface area contributed by atoms with E-state index in [0.717, 1.165) is 0 Å². The molecule has 0 aliphatic rings. The van der Waals surface area contributed by atoms with Crippen molar-refractivity contribution in [2.75, 3.05) is 18.0 Å². The van der Waals surface area contributed by atoms with Gasteiger partial charge in [0.05, 0.1) is 11.0 Å². The Morgan fingerprint density at radius 3 is 2.82 bits per heavy atom. The summed E-state index contributed by atoms with van der Waals surface area (Å²) in [6, 6.07) is 1.44. The Kier molecular flexibility index (Phi) is 4.65. The summed E-state index contributed by atoms with van der Waals surface area (Å²) in [5.41, 5.74) is 0.0506. The van der Waals surface area contributed by atoms with Crippen LogP contribution in [-0.2, 0) is 0 Å². The zero-order chi connectivity index (χ0) is 13.0. The second kappa shape index (κ2) is 5.79. The van der Waals surface area contributed by atoms with Crippen molar-refractivity contribution in [3.8, 4) is 0 Å². The van der Waals surface area contributed by atoms with E-state index in [4.69, 9.17) is 0 Å². The highest BCUT2D eigenvalue weighted by Crippen LogP contribution is 2.39. The molecule has 5 nitrogen and oxygen atoms in total. The average molecular weight is 256 g/mol. The number of likely N-dealkylation sites (N-methyl/N-ethyl adjacent to an activating group) is 1. The summed E-state index contributed by atoms with van der Waals surface area (Å²) in [5.74, 6) is 0. The topological polar surface area (TPSA) is 66.6 Å². The van der Waals surface area contributed by atoms with Crippen molar-refractivity contribution in [1.82, 2.24) is 0 Å². The Morgan fingerprint density at radius 1 is 1.76 bits per heavy atom. The van der Waals surface area contributed by atoms with Crippen LogP contribution in [0.25, 0.3) is 0 Å². The van der Waals surface area contributed by atoms with Crippen molar-refractivity contribution >= 4 is 22.0 Å². The zero-order valence-corrected chi connectivity index (χ0v) is 10.7. The monoisotopic (exact) mass is 256 g/mol. The molecule has 0 amide bonds. The molecule has 1 N–H and O–H groups in total. The average Bonchev–Trinajstić information content (AvgIpc) is 2.70. The van der Waals surface area contributed by atoms with Gasteiger partial charge in [0.2, 0.25) is 0 Å². The quantitative estimate of drug-likeness (QED) is 0.483. The molecule has 0 spiro atoms. The van der Waals surface area contributed by atoms with Crippen LogP contribution in [0.4, 0.5) is 10.7 Å². The number of hydrogen-bond donors (Lipinski definition) is 1. The summed E-state index contributed by atoms with van der Waals surface area (Å²) in [6.07, 6.45) is 1.02. The van der Waals surface area contributed by atoms with Crippen LogP contribution in [0.2, 0.25) is 0 Å². The third kappa shape index (κ3) is 3.04. The van der Waals surface area contributed by atoms with E-state index in [2.05, 4.69) is 6.58 Å². The van der Waals surface area contributed by atoms with Gasteiger partial charge in [-0.05, 0) is 13.8 Å². The number of anilines is 1. The molecule has 1 aromatic heterocycles. The van der Waals surface area contributed by atoms with Crippen LogP contribution in [-0.4, -0.2) is 23.1 Å². The molecule has 0 bridgehead atoms. The summed E-state index contributed by atoms with van der Waals surface area (Å²) in [4.78, 5) is 13.0. The van der Waals surface area contributed by atoms with E-state index >= 15 is 0 Å². The molecule has 0 saturated heterocycles. The standard InChI is InChI=1S/C11H16N2O3S/c1-4-6-12(5-2)11-9(13(15)16)7-10(17-11)8(3)14/h4,7-8,14H,1,5-6H2,2-3H3. The maximum absolute atomic E-state index is 11.0. The lowest BCUT2D eigenvalue weighted by molar-refractivity contribution is -0.383. The van der Waals surface area contributed by atoms with E-state index in [9.17, 15) is 15.2 Å². The van der Waals surface area contributed by atoms with E-state index in [0.29, 0.717) is 23.0 Å². The molecule has 1 aromatic rings. The van der Waals surface area contributed by atoms with Gasteiger partial charge < -0.3 is 10.0 Å². The number of aliphatic hydroxyl groups excluding tert-OH is 1. The molecule has 0 radical (unpaired) electrons. The number of rotatable bonds is 6. The lowest BCUT2D eigenvalue weighted by atomic mass is 10.3. The van der Waals surface area contributed by atoms with E-state index in [1.165, 1.54) is 17.4 Å². The fourth-order valence-electron chi connectivity index (χ4n) is 1.46. The van der Waals surface area contributed by atoms with E-state index in [-0.39, 0.29) is 5.69 Å². The highest BCUT2D eigenvalue weighted by Gasteiger charge is 2.24. The Bertz CT molecular complexity index is 415. The summed E-state index contributed by atoms with van der Waals surface area (Å²) in [6.45, 7) is 8.37. The number of thiophene rings is 1. The fraction of sp³-hybridized carbons (Fsp3) is 0.455. The third-order valence-corrected chi connectivity index (χ3v) is 3.69. The van der Waals surface area contributed by atoms with Crippen LogP contribution >= 0.6 is 11.3 Å². The molecule has 1 rings (SSSR count). The Hall–Kier alpha value is -1.40. The molecular weight excluding hydrogens is 240 g/mol. The first-order valence-corrected chi connectivity index (χ1v) is 6.14. The minimum absolute atomic E-state index is 0.0506. The number of nitro groups is 1. The van der Waals surface area contributed by atoms with Crippen LogP contribution in [0.15, 0.2) is 18.7 Å². The summed E-state index contributed by atoms with van der Waals surface area (Å²) in [7, 11) is 0. The van der Waals surface area contributed by atoms with Gasteiger partial charge in [0.15, 0.2) is 5.00 Å². The number of aliphatic hydroxyl groups is 1. The largest absolute Gasteiger partial charge is 0.388 e. The Morgan fingerprint density at radius 2 is 2.41 bits per heavy atom. The van der Waals surface area contributed by atoms with Crippen LogP contribution in [0, 0.1) is 10.1 Å². The van der Waals surface area contributed by atoms with Crippen LogP contribution in [0.1, 0.15) is 24.8 Å². The van der Waals surface area contributed by atoms with Crippen molar-refractivity contribution in [3.05, 3.63) is 33.7 Å². The van der Waals surface area contributed by atoms with Crippen molar-refractivity contribution in [1.29, 1.82) is 0 Å². The van der Waals surface area contributed by atoms with Gasteiger partial charge in [-0.3, -0.25) is 10.1 Å². The molecule has 17 heavy (non-hydrogen) atoms. The molecular formula is C11H16N2O3S. The molecule has 0 saturated carbocycles. The summed E-state index contributed by atoms with van der Waals surface area (Å²) in [5, 5.41) is 21.0. The minimum atomic E-state index is -0.685. The second-order valence-electron chi connectivity index (χ2n) is 3.60. The molecule has 1 atom stereocenters. The first kappa shape index (κ1) is 13.7. The first-order valence-electron chi connectivity index (χ1n) is 5.33. The van der Waals surface area contributed by atoms with E-state index in [1.807, 2.05) is 11.8 Å². The molecule has 1 heterocycles. The maximum Gasteiger partial charge on any atom is 0.304 e. The summed E-state index contributed by atoms with van der Waals surface area (Å²) >= 11 is 1.26. The van der Waals surface area contributed by atoms with Gasteiger partial charge in [0.1, 0.15) is 0 Å². The van der Waals surface area contributed by atoms with E-state index < -0.39 is 11.0 Å². The first-order chi connectivity index (χ1) is 8.01. The molecule has 6 heteroatoms. The smallest absolute Gasteiger partial charge is 0.304 e. The van der Waals surface area contributed by atoms with Gasteiger partial charge in [-0.15, -0.1) is 17.9 Å². The lowest BCUT2D eigenvalue weighted by Crippen LogP contribution is -2.22. The molecule has 0 aromatic carbocycles. The second-order valence-corrected chi connectivity index (χ2v) is 4.66. The SMILES string of the molecule is C=CCN(CC)c1sc(C(C)O)cc1[N+](=O)[O-]. The zero-order valence-electron chi connectivity index (χ0n) is 9.92. The predicted molar refractivity (Wildman–Crippen MR) is 69.7 cm³/mol.